The van der Waals surface area contributed by atoms with Crippen LogP contribution in [-0.2, 0) is 26.3 Å². The summed E-state index contributed by atoms with van der Waals surface area (Å²) in [7, 11) is 0. The number of ether oxygens (including phenoxy) is 1. The molecule has 1 aromatic heterocycles. The van der Waals surface area contributed by atoms with Crippen LogP contribution in [0.3, 0.4) is 0 Å². The van der Waals surface area contributed by atoms with Gasteiger partial charge < -0.3 is 10.1 Å². The van der Waals surface area contributed by atoms with Crippen LogP contribution in [0.25, 0.3) is 10.4 Å². The number of amides is 1. The summed E-state index contributed by atoms with van der Waals surface area (Å²) in [6.45, 7) is 1.41. The number of carbonyl (C=O) groups excluding carboxylic acids is 2. The molecule has 4 rings (SSSR count). The highest BCUT2D eigenvalue weighted by molar-refractivity contribution is 7.15. The van der Waals surface area contributed by atoms with Gasteiger partial charge in [0.1, 0.15) is 16.6 Å². The molecular formula is C23H20F2N2O3S. The second kappa shape index (κ2) is 8.55. The molecule has 31 heavy (non-hydrogen) atoms. The lowest BCUT2D eigenvalue weighted by atomic mass is 9.80. The van der Waals surface area contributed by atoms with E-state index in [1.54, 1.807) is 18.3 Å². The van der Waals surface area contributed by atoms with Crippen LogP contribution in [0.15, 0.2) is 48.7 Å². The van der Waals surface area contributed by atoms with Gasteiger partial charge in [0, 0.05) is 24.9 Å². The van der Waals surface area contributed by atoms with Crippen molar-refractivity contribution in [2.45, 2.75) is 38.2 Å². The molecule has 1 amide bonds. The first-order chi connectivity index (χ1) is 14.8. The molecule has 0 bridgehead atoms. The molecule has 1 saturated carbocycles. The van der Waals surface area contributed by atoms with Gasteiger partial charge in [0.2, 0.25) is 5.91 Å². The molecule has 1 heterocycles. The minimum atomic E-state index is -0.714. The van der Waals surface area contributed by atoms with Crippen molar-refractivity contribution in [3.05, 3.63) is 70.9 Å². The third-order valence-electron chi connectivity index (χ3n) is 5.14. The highest BCUT2D eigenvalue weighted by Crippen LogP contribution is 2.47. The zero-order chi connectivity index (χ0) is 22.0. The van der Waals surface area contributed by atoms with E-state index in [2.05, 4.69) is 10.3 Å². The normalized spacial score (nSPS) is 14.5. The Labute approximate surface area is 182 Å². The van der Waals surface area contributed by atoms with E-state index in [-0.39, 0.29) is 23.9 Å². The Morgan fingerprint density at radius 3 is 2.39 bits per heavy atom. The summed E-state index contributed by atoms with van der Waals surface area (Å²) >= 11 is 1.49. The van der Waals surface area contributed by atoms with Crippen molar-refractivity contribution in [2.24, 2.45) is 0 Å². The molecule has 0 spiro atoms. The van der Waals surface area contributed by atoms with Crippen molar-refractivity contribution in [2.75, 3.05) is 5.32 Å². The monoisotopic (exact) mass is 442 g/mol. The van der Waals surface area contributed by atoms with Gasteiger partial charge in [-0.25, -0.2) is 13.8 Å². The lowest BCUT2D eigenvalue weighted by Crippen LogP contribution is -2.38. The van der Waals surface area contributed by atoms with Crippen LogP contribution in [0.4, 0.5) is 14.5 Å². The number of rotatable bonds is 6. The second-order valence-electron chi connectivity index (χ2n) is 7.55. The highest BCUT2D eigenvalue weighted by atomic mass is 32.1. The van der Waals surface area contributed by atoms with Gasteiger partial charge in [0.15, 0.2) is 5.60 Å². The topological polar surface area (TPSA) is 68.3 Å². The molecule has 5 nitrogen and oxygen atoms in total. The summed E-state index contributed by atoms with van der Waals surface area (Å²) in [5.74, 6) is -2.11. The molecule has 160 valence electrons. The van der Waals surface area contributed by atoms with Gasteiger partial charge in [0.25, 0.3) is 0 Å². The van der Waals surface area contributed by atoms with Crippen molar-refractivity contribution in [1.82, 2.24) is 4.98 Å². The van der Waals surface area contributed by atoms with Crippen LogP contribution in [0, 0.1) is 11.6 Å². The molecule has 0 radical (unpaired) electrons. The molecule has 1 N–H and O–H groups in total. The molecule has 1 aliphatic carbocycles. The van der Waals surface area contributed by atoms with Crippen molar-refractivity contribution in [3.8, 4) is 10.4 Å². The Balaban J connectivity index is 1.42. The average molecular weight is 442 g/mol. The summed E-state index contributed by atoms with van der Waals surface area (Å²) in [5.41, 5.74) is 1.16. The van der Waals surface area contributed by atoms with Crippen molar-refractivity contribution >= 4 is 28.9 Å². The first-order valence-electron chi connectivity index (χ1n) is 9.84. The van der Waals surface area contributed by atoms with E-state index >= 15 is 0 Å². The first-order valence-corrected chi connectivity index (χ1v) is 10.7. The van der Waals surface area contributed by atoms with E-state index in [9.17, 15) is 18.4 Å². The number of nitrogens with zero attached hydrogens (tertiary/aromatic N) is 1. The van der Waals surface area contributed by atoms with Crippen LogP contribution in [0.5, 0.6) is 0 Å². The standard InChI is InChI=1S/C23H20F2N2O3S/c1-14(28)30-23(7-2-8-23)22-26-13-20(31-22)16-3-5-19(6-4-16)27-21(29)11-15-9-17(24)12-18(25)10-15/h3-6,9-10,12-13H,2,7-8,11H2,1H3,(H,27,29). The summed E-state index contributed by atoms with van der Waals surface area (Å²) in [5, 5.41) is 3.52. The zero-order valence-corrected chi connectivity index (χ0v) is 17.6. The predicted octanol–water partition coefficient (Wildman–Crippen LogP) is 5.21. The number of carbonyl (C=O) groups is 2. The summed E-state index contributed by atoms with van der Waals surface area (Å²) in [6, 6.07) is 10.3. The van der Waals surface area contributed by atoms with Gasteiger partial charge >= 0.3 is 5.97 Å². The molecule has 2 aromatic carbocycles. The average Bonchev–Trinajstić information content (AvgIpc) is 3.14. The molecule has 3 aromatic rings. The van der Waals surface area contributed by atoms with E-state index < -0.39 is 17.2 Å². The van der Waals surface area contributed by atoms with Crippen molar-refractivity contribution in [1.29, 1.82) is 0 Å². The fraction of sp³-hybridized carbons (Fsp3) is 0.261. The molecule has 0 saturated heterocycles. The maximum atomic E-state index is 13.3. The number of anilines is 1. The zero-order valence-electron chi connectivity index (χ0n) is 16.8. The second-order valence-corrected chi connectivity index (χ2v) is 8.58. The molecule has 0 aliphatic heterocycles. The Morgan fingerprint density at radius 2 is 1.81 bits per heavy atom. The number of hydrogen-bond acceptors (Lipinski definition) is 5. The van der Waals surface area contributed by atoms with Crippen LogP contribution in [-0.4, -0.2) is 16.9 Å². The number of benzene rings is 2. The van der Waals surface area contributed by atoms with E-state index in [0.29, 0.717) is 5.69 Å². The van der Waals surface area contributed by atoms with Gasteiger partial charge in [0.05, 0.1) is 11.3 Å². The third-order valence-corrected chi connectivity index (χ3v) is 6.37. The van der Waals surface area contributed by atoms with Gasteiger partial charge in [-0.15, -0.1) is 11.3 Å². The fourth-order valence-electron chi connectivity index (χ4n) is 3.57. The summed E-state index contributed by atoms with van der Waals surface area (Å²) in [6.07, 6.45) is 4.18. The maximum Gasteiger partial charge on any atom is 0.303 e. The molecule has 0 unspecified atom stereocenters. The quantitative estimate of drug-likeness (QED) is 0.532. The Morgan fingerprint density at radius 1 is 1.13 bits per heavy atom. The van der Waals surface area contributed by atoms with Gasteiger partial charge in [-0.3, -0.25) is 9.59 Å². The number of thiazole rings is 1. The first kappa shape index (κ1) is 21.1. The summed E-state index contributed by atoms with van der Waals surface area (Å²) in [4.78, 5) is 29.1. The molecular weight excluding hydrogens is 422 g/mol. The maximum absolute atomic E-state index is 13.3. The lowest BCUT2D eigenvalue weighted by molar-refractivity contribution is -0.168. The fourth-order valence-corrected chi connectivity index (χ4v) is 4.68. The third kappa shape index (κ3) is 4.80. The number of esters is 1. The van der Waals surface area contributed by atoms with Gasteiger partial charge in [-0.2, -0.15) is 0 Å². The predicted molar refractivity (Wildman–Crippen MR) is 114 cm³/mol. The molecule has 1 aliphatic rings. The van der Waals surface area contributed by atoms with Gasteiger partial charge in [-0.05, 0) is 54.7 Å². The largest absolute Gasteiger partial charge is 0.452 e. The minimum absolute atomic E-state index is 0.132. The Kier molecular flexibility index (Phi) is 5.82. The van der Waals surface area contributed by atoms with E-state index in [1.165, 1.54) is 18.3 Å². The van der Waals surface area contributed by atoms with Crippen LogP contribution in [0.2, 0.25) is 0 Å². The smallest absolute Gasteiger partial charge is 0.303 e. The molecule has 0 atom stereocenters. The molecule has 1 fully saturated rings. The number of aromatic nitrogens is 1. The number of nitrogens with one attached hydrogen (secondary N) is 1. The van der Waals surface area contributed by atoms with Gasteiger partial charge in [-0.1, -0.05) is 12.1 Å². The summed E-state index contributed by atoms with van der Waals surface area (Å²) < 4.78 is 32.1. The van der Waals surface area contributed by atoms with E-state index in [0.717, 1.165) is 52.9 Å². The van der Waals surface area contributed by atoms with Crippen molar-refractivity contribution < 1.29 is 23.1 Å². The van der Waals surface area contributed by atoms with E-state index in [4.69, 9.17) is 4.74 Å². The van der Waals surface area contributed by atoms with Crippen LogP contribution < -0.4 is 5.32 Å². The van der Waals surface area contributed by atoms with E-state index in [1.807, 2.05) is 12.1 Å². The van der Waals surface area contributed by atoms with Crippen LogP contribution in [0.1, 0.15) is 36.8 Å². The van der Waals surface area contributed by atoms with Crippen molar-refractivity contribution in [3.63, 3.8) is 0 Å². The number of halogens is 2. The number of hydrogen-bond donors (Lipinski definition) is 1. The Bertz CT molecular complexity index is 1100. The Hall–Kier alpha value is -3.13. The molecule has 8 heteroatoms. The van der Waals surface area contributed by atoms with Crippen LogP contribution >= 0.6 is 11.3 Å². The minimum Gasteiger partial charge on any atom is -0.452 e. The lowest BCUT2D eigenvalue weighted by Gasteiger charge is -2.38. The highest BCUT2D eigenvalue weighted by Gasteiger charge is 2.44. The SMILES string of the molecule is CC(=O)OC1(c2ncc(-c3ccc(NC(=O)Cc4cc(F)cc(F)c4)cc3)s2)CCC1.